The third-order valence-electron chi connectivity index (χ3n) is 4.07. The lowest BCUT2D eigenvalue weighted by Crippen LogP contribution is -2.19. The first-order valence-electron chi connectivity index (χ1n) is 8.94. The largest absolute Gasteiger partial charge is 0.486 e. The minimum absolute atomic E-state index is 0.0701. The van der Waals surface area contributed by atoms with Gasteiger partial charge in [-0.2, -0.15) is 5.10 Å². The van der Waals surface area contributed by atoms with Crippen LogP contribution in [-0.4, -0.2) is 12.1 Å². The molecule has 0 aromatic heterocycles. The lowest BCUT2D eigenvalue weighted by atomic mass is 10.1. The van der Waals surface area contributed by atoms with Gasteiger partial charge in [0.25, 0.3) is 0 Å². The maximum absolute atomic E-state index is 12.9. The molecule has 3 aromatic rings. The van der Waals surface area contributed by atoms with Crippen molar-refractivity contribution in [3.05, 3.63) is 97.2 Å². The molecule has 0 unspecified atom stereocenters. The monoisotopic (exact) mass is 498 g/mol. The van der Waals surface area contributed by atoms with Crippen LogP contribution in [0, 0.1) is 5.82 Å². The van der Waals surface area contributed by atoms with Crippen LogP contribution in [0.25, 0.3) is 0 Å². The summed E-state index contributed by atoms with van der Waals surface area (Å²) in [7, 11) is 0. The van der Waals surface area contributed by atoms with Gasteiger partial charge in [-0.3, -0.25) is 4.79 Å². The van der Waals surface area contributed by atoms with Gasteiger partial charge in [-0.1, -0.05) is 64.6 Å². The third-order valence-corrected chi connectivity index (χ3v) is 5.37. The number of rotatable bonds is 7. The zero-order chi connectivity index (χ0) is 22.4. The smallest absolute Gasteiger partial charge is 0.244 e. The number of hydrogen-bond donors (Lipinski definition) is 1. The number of ether oxygens (including phenoxy) is 1. The molecule has 3 rings (SSSR count). The van der Waals surface area contributed by atoms with Crippen molar-refractivity contribution in [2.75, 3.05) is 0 Å². The zero-order valence-corrected chi connectivity index (χ0v) is 18.9. The highest BCUT2D eigenvalue weighted by atomic mass is 35.5. The summed E-state index contributed by atoms with van der Waals surface area (Å²) in [6.07, 6.45) is 1.48. The number of hydrazone groups is 1. The fourth-order valence-electron chi connectivity index (χ4n) is 2.58. The summed E-state index contributed by atoms with van der Waals surface area (Å²) in [5.41, 5.74) is 4.44. The molecule has 0 heterocycles. The molecule has 9 heteroatoms. The molecule has 0 radical (unpaired) electrons. The molecule has 0 fully saturated rings. The molecule has 0 bridgehead atoms. The van der Waals surface area contributed by atoms with Gasteiger partial charge in [-0.15, -0.1) is 0 Å². The predicted octanol–water partition coefficient (Wildman–Crippen LogP) is 6.71. The number of nitrogens with one attached hydrogen (secondary N) is 1. The average molecular weight is 500 g/mol. The second kappa shape index (κ2) is 10.8. The van der Waals surface area contributed by atoms with Gasteiger partial charge < -0.3 is 4.74 Å². The zero-order valence-electron chi connectivity index (χ0n) is 15.8. The van der Waals surface area contributed by atoms with Crippen LogP contribution in [-0.2, 0) is 17.8 Å². The minimum Gasteiger partial charge on any atom is -0.486 e. The van der Waals surface area contributed by atoms with Crippen LogP contribution in [0.1, 0.15) is 16.7 Å². The van der Waals surface area contributed by atoms with E-state index in [9.17, 15) is 9.18 Å². The van der Waals surface area contributed by atoms with E-state index in [2.05, 4.69) is 10.5 Å². The van der Waals surface area contributed by atoms with E-state index >= 15 is 0 Å². The average Bonchev–Trinajstić information content (AvgIpc) is 2.71. The molecule has 160 valence electrons. The summed E-state index contributed by atoms with van der Waals surface area (Å²) in [5, 5.41) is 5.34. The van der Waals surface area contributed by atoms with Crippen LogP contribution in [0.2, 0.25) is 20.1 Å². The van der Waals surface area contributed by atoms with Crippen LogP contribution < -0.4 is 10.2 Å². The molecule has 4 nitrogen and oxygen atoms in total. The van der Waals surface area contributed by atoms with Crippen molar-refractivity contribution in [2.24, 2.45) is 5.10 Å². The fourth-order valence-corrected chi connectivity index (χ4v) is 3.52. The summed E-state index contributed by atoms with van der Waals surface area (Å²) in [6.45, 7) is 0.198. The summed E-state index contributed by atoms with van der Waals surface area (Å²) in [5.74, 6) is -0.395. The lowest BCUT2D eigenvalue weighted by molar-refractivity contribution is -0.120. The van der Waals surface area contributed by atoms with Crippen LogP contribution >= 0.6 is 46.4 Å². The maximum Gasteiger partial charge on any atom is 0.244 e. The molecule has 31 heavy (non-hydrogen) atoms. The van der Waals surface area contributed by atoms with E-state index in [-0.39, 0.29) is 34.8 Å². The SMILES string of the molecule is O=C(Cc1ccc(F)cc1)N/N=C/c1cc(Cl)c(OCc2ccc(Cl)c(Cl)c2)c(Cl)c1. The second-order valence-corrected chi connectivity index (χ2v) is 8.08. The molecule has 1 N–H and O–H groups in total. The molecular weight excluding hydrogens is 485 g/mol. The van der Waals surface area contributed by atoms with Gasteiger partial charge in [0.2, 0.25) is 5.91 Å². The lowest BCUT2D eigenvalue weighted by Gasteiger charge is -2.11. The molecule has 0 aliphatic heterocycles. The van der Waals surface area contributed by atoms with Crippen molar-refractivity contribution in [2.45, 2.75) is 13.0 Å². The summed E-state index contributed by atoms with van der Waals surface area (Å²) >= 11 is 24.5. The Kier molecular flexibility index (Phi) is 8.15. The van der Waals surface area contributed by atoms with Gasteiger partial charge in [0.1, 0.15) is 12.4 Å². The molecule has 0 atom stereocenters. The summed E-state index contributed by atoms with van der Waals surface area (Å²) in [4.78, 5) is 11.9. The number of halogens is 5. The Balaban J connectivity index is 1.59. The van der Waals surface area contributed by atoms with Crippen LogP contribution in [0.4, 0.5) is 4.39 Å². The molecular formula is C22H15Cl4FN2O2. The van der Waals surface area contributed by atoms with Gasteiger partial charge in [-0.25, -0.2) is 9.82 Å². The number of amides is 1. The number of hydrogen-bond acceptors (Lipinski definition) is 3. The van der Waals surface area contributed by atoms with Crippen molar-refractivity contribution >= 4 is 58.5 Å². The van der Waals surface area contributed by atoms with Gasteiger partial charge >= 0.3 is 0 Å². The van der Waals surface area contributed by atoms with E-state index in [1.165, 1.54) is 30.5 Å². The predicted molar refractivity (Wildman–Crippen MR) is 123 cm³/mol. The normalized spacial score (nSPS) is 11.0. The van der Waals surface area contributed by atoms with Crippen molar-refractivity contribution < 1.29 is 13.9 Å². The van der Waals surface area contributed by atoms with Crippen molar-refractivity contribution in [1.82, 2.24) is 5.43 Å². The first-order chi connectivity index (χ1) is 14.8. The summed E-state index contributed by atoms with van der Waals surface area (Å²) in [6, 6.07) is 14.0. The first-order valence-corrected chi connectivity index (χ1v) is 10.4. The summed E-state index contributed by atoms with van der Waals surface area (Å²) < 4.78 is 18.6. The quantitative estimate of drug-likeness (QED) is 0.290. The molecule has 0 saturated carbocycles. The highest BCUT2D eigenvalue weighted by molar-refractivity contribution is 6.42. The van der Waals surface area contributed by atoms with Gasteiger partial charge in [0.15, 0.2) is 5.75 Å². The molecule has 0 aliphatic rings. The minimum atomic E-state index is -0.361. The molecule has 0 spiro atoms. The maximum atomic E-state index is 12.9. The first kappa shape index (κ1) is 23.4. The van der Waals surface area contributed by atoms with Gasteiger partial charge in [-0.05, 0) is 53.1 Å². The Labute approximate surface area is 198 Å². The van der Waals surface area contributed by atoms with E-state index in [1.54, 1.807) is 30.3 Å². The molecule has 3 aromatic carbocycles. The van der Waals surface area contributed by atoms with Gasteiger partial charge in [0.05, 0.1) is 32.7 Å². The molecule has 0 aliphatic carbocycles. The van der Waals surface area contributed by atoms with E-state index in [0.717, 1.165) is 5.56 Å². The number of carbonyl (C=O) groups is 1. The molecule has 0 saturated heterocycles. The van der Waals surface area contributed by atoms with E-state index in [1.807, 2.05) is 0 Å². The van der Waals surface area contributed by atoms with Crippen LogP contribution in [0.15, 0.2) is 59.7 Å². The fraction of sp³-hybridized carbons (Fsp3) is 0.0909. The Morgan fingerprint density at radius 2 is 1.55 bits per heavy atom. The van der Waals surface area contributed by atoms with Crippen molar-refractivity contribution in [3.8, 4) is 5.75 Å². The number of carbonyl (C=O) groups excluding carboxylic acids is 1. The number of benzene rings is 3. The van der Waals surface area contributed by atoms with E-state index in [0.29, 0.717) is 26.9 Å². The highest BCUT2D eigenvalue weighted by Crippen LogP contribution is 2.34. The molecule has 1 amide bonds. The van der Waals surface area contributed by atoms with E-state index in [4.69, 9.17) is 51.1 Å². The Morgan fingerprint density at radius 3 is 2.19 bits per heavy atom. The van der Waals surface area contributed by atoms with Crippen LogP contribution in [0.5, 0.6) is 5.75 Å². The van der Waals surface area contributed by atoms with Gasteiger partial charge in [0, 0.05) is 0 Å². The third kappa shape index (κ3) is 6.84. The highest BCUT2D eigenvalue weighted by Gasteiger charge is 2.10. The Bertz CT molecular complexity index is 1100. The number of nitrogens with zero attached hydrogens (tertiary/aromatic N) is 1. The Hall–Kier alpha value is -2.31. The van der Waals surface area contributed by atoms with Crippen molar-refractivity contribution in [1.29, 1.82) is 0 Å². The Morgan fingerprint density at radius 1 is 0.903 bits per heavy atom. The standard InChI is InChI=1S/C22H15Cl4FN2O2/c23-17-6-3-14(7-18(17)24)12-31-22-19(25)8-15(9-20(22)26)11-28-29-21(30)10-13-1-4-16(27)5-2-13/h1-9,11H,10,12H2,(H,29,30)/b28-11+. The van der Waals surface area contributed by atoms with Crippen molar-refractivity contribution in [3.63, 3.8) is 0 Å². The van der Waals surface area contributed by atoms with Crippen LogP contribution in [0.3, 0.4) is 0 Å². The topological polar surface area (TPSA) is 50.7 Å². The second-order valence-electron chi connectivity index (χ2n) is 6.45. The van der Waals surface area contributed by atoms with E-state index < -0.39 is 0 Å².